The molecule has 6 heteroatoms. The van der Waals surface area contributed by atoms with Crippen molar-refractivity contribution >= 4 is 46.7 Å². The average Bonchev–Trinajstić information content (AvgIpc) is 2.41. The van der Waals surface area contributed by atoms with E-state index in [9.17, 15) is 4.79 Å². The number of hydrogen-bond donors (Lipinski definition) is 2. The number of benzene rings is 1. The van der Waals surface area contributed by atoms with Gasteiger partial charge in [0.1, 0.15) is 0 Å². The van der Waals surface area contributed by atoms with Crippen LogP contribution in [0.1, 0.15) is 5.56 Å². The monoisotopic (exact) mass is 307 g/mol. The molecule has 20 heavy (non-hydrogen) atoms. The third-order valence-electron chi connectivity index (χ3n) is 2.41. The number of nitrogens with one attached hydrogen (secondary N) is 1. The lowest BCUT2D eigenvalue weighted by molar-refractivity contribution is -0.111. The van der Waals surface area contributed by atoms with Gasteiger partial charge in [0.15, 0.2) is 5.82 Å². The molecule has 2 rings (SSSR count). The Hall–Kier alpha value is -2.04. The molecule has 1 aromatic heterocycles. The first-order valence-electron chi connectivity index (χ1n) is 5.70. The van der Waals surface area contributed by atoms with E-state index >= 15 is 0 Å². The van der Waals surface area contributed by atoms with Gasteiger partial charge in [-0.05, 0) is 29.8 Å². The number of halogens is 2. The lowest BCUT2D eigenvalue weighted by atomic mass is 10.2. The van der Waals surface area contributed by atoms with E-state index in [1.807, 2.05) is 12.1 Å². The van der Waals surface area contributed by atoms with Crippen LogP contribution in [-0.4, -0.2) is 10.9 Å². The number of nitrogens with two attached hydrogens (primary N) is 1. The van der Waals surface area contributed by atoms with Gasteiger partial charge in [-0.3, -0.25) is 4.79 Å². The van der Waals surface area contributed by atoms with Crippen molar-refractivity contribution in [3.05, 3.63) is 58.2 Å². The average molecular weight is 308 g/mol. The van der Waals surface area contributed by atoms with Crippen LogP contribution >= 0.6 is 23.2 Å². The quantitative estimate of drug-likeness (QED) is 0.672. The Morgan fingerprint density at radius 2 is 1.95 bits per heavy atom. The zero-order valence-electron chi connectivity index (χ0n) is 10.3. The summed E-state index contributed by atoms with van der Waals surface area (Å²) in [5.74, 6) is -0.0680. The summed E-state index contributed by atoms with van der Waals surface area (Å²) in [7, 11) is 0. The number of rotatable bonds is 3. The maximum Gasteiger partial charge on any atom is 0.249 e. The smallest absolute Gasteiger partial charge is 0.249 e. The van der Waals surface area contributed by atoms with Gasteiger partial charge in [0, 0.05) is 18.0 Å². The van der Waals surface area contributed by atoms with E-state index in [4.69, 9.17) is 28.9 Å². The first-order chi connectivity index (χ1) is 9.54. The maximum atomic E-state index is 11.7. The normalized spacial score (nSPS) is 10.7. The number of carbonyl (C=O) groups is 1. The number of amides is 1. The minimum absolute atomic E-state index is 0.267. The molecule has 0 saturated heterocycles. The van der Waals surface area contributed by atoms with Crippen LogP contribution in [-0.2, 0) is 4.79 Å². The number of pyridine rings is 1. The molecule has 0 fully saturated rings. The van der Waals surface area contributed by atoms with Crippen molar-refractivity contribution in [1.82, 2.24) is 4.98 Å². The van der Waals surface area contributed by atoms with E-state index in [0.717, 1.165) is 5.56 Å². The van der Waals surface area contributed by atoms with Crippen molar-refractivity contribution in [2.45, 2.75) is 0 Å². The standard InChI is InChI=1S/C14H11Cl2N3O/c15-10-7-12(16)14(18-8-10)19-13(20)6-3-9-1-4-11(17)5-2-9/h1-8H,17H2,(H,18,19,20)/b6-3+. The van der Waals surface area contributed by atoms with E-state index in [2.05, 4.69) is 10.3 Å². The van der Waals surface area contributed by atoms with Gasteiger partial charge < -0.3 is 11.1 Å². The Morgan fingerprint density at radius 3 is 2.60 bits per heavy atom. The van der Waals surface area contributed by atoms with Crippen LogP contribution in [0.5, 0.6) is 0 Å². The molecule has 0 bridgehead atoms. The number of aromatic nitrogens is 1. The Labute approximate surface area is 126 Å². The van der Waals surface area contributed by atoms with Crippen LogP contribution in [0.2, 0.25) is 10.0 Å². The zero-order chi connectivity index (χ0) is 14.5. The topological polar surface area (TPSA) is 68.0 Å². The molecule has 0 atom stereocenters. The summed E-state index contributed by atoms with van der Waals surface area (Å²) in [6.45, 7) is 0. The van der Waals surface area contributed by atoms with E-state index in [1.54, 1.807) is 18.2 Å². The van der Waals surface area contributed by atoms with Crippen molar-refractivity contribution in [3.63, 3.8) is 0 Å². The van der Waals surface area contributed by atoms with Crippen molar-refractivity contribution < 1.29 is 4.79 Å². The molecule has 1 aromatic carbocycles. The molecule has 1 heterocycles. The van der Waals surface area contributed by atoms with Gasteiger partial charge in [-0.2, -0.15) is 0 Å². The highest BCUT2D eigenvalue weighted by atomic mass is 35.5. The second-order valence-electron chi connectivity index (χ2n) is 3.97. The molecule has 0 radical (unpaired) electrons. The van der Waals surface area contributed by atoms with E-state index in [-0.39, 0.29) is 16.7 Å². The highest BCUT2D eigenvalue weighted by Crippen LogP contribution is 2.22. The fourth-order valence-corrected chi connectivity index (χ4v) is 1.87. The summed E-state index contributed by atoms with van der Waals surface area (Å²) in [6.07, 6.45) is 4.46. The van der Waals surface area contributed by atoms with E-state index in [1.165, 1.54) is 18.3 Å². The Bertz CT molecular complexity index is 654. The molecular formula is C14H11Cl2N3O. The van der Waals surface area contributed by atoms with Gasteiger partial charge in [-0.15, -0.1) is 0 Å². The van der Waals surface area contributed by atoms with Crippen LogP contribution in [0.15, 0.2) is 42.6 Å². The van der Waals surface area contributed by atoms with Crippen LogP contribution in [0.4, 0.5) is 11.5 Å². The first-order valence-corrected chi connectivity index (χ1v) is 6.46. The first kappa shape index (κ1) is 14.4. The molecule has 0 aliphatic rings. The second-order valence-corrected chi connectivity index (χ2v) is 4.82. The molecule has 4 nitrogen and oxygen atoms in total. The van der Waals surface area contributed by atoms with Gasteiger partial charge in [-0.25, -0.2) is 4.98 Å². The summed E-state index contributed by atoms with van der Waals surface area (Å²) < 4.78 is 0. The molecule has 102 valence electrons. The summed E-state index contributed by atoms with van der Waals surface area (Å²) in [5, 5.41) is 3.26. The summed E-state index contributed by atoms with van der Waals surface area (Å²) in [6, 6.07) is 8.65. The fourth-order valence-electron chi connectivity index (χ4n) is 1.44. The van der Waals surface area contributed by atoms with Gasteiger partial charge in [0.25, 0.3) is 0 Å². The Morgan fingerprint density at radius 1 is 1.25 bits per heavy atom. The lowest BCUT2D eigenvalue weighted by Crippen LogP contribution is -2.09. The van der Waals surface area contributed by atoms with E-state index < -0.39 is 0 Å². The molecule has 1 amide bonds. The molecule has 0 unspecified atom stereocenters. The van der Waals surface area contributed by atoms with Crippen molar-refractivity contribution in [2.24, 2.45) is 0 Å². The van der Waals surface area contributed by atoms with Gasteiger partial charge in [-0.1, -0.05) is 35.3 Å². The number of nitrogen functional groups attached to an aromatic ring is 1. The van der Waals surface area contributed by atoms with Gasteiger partial charge in [0.05, 0.1) is 10.0 Å². The van der Waals surface area contributed by atoms with Gasteiger partial charge in [0.2, 0.25) is 5.91 Å². The lowest BCUT2D eigenvalue weighted by Gasteiger charge is -2.03. The predicted octanol–water partition coefficient (Wildman–Crippen LogP) is 3.62. The zero-order valence-corrected chi connectivity index (χ0v) is 11.8. The maximum absolute atomic E-state index is 11.7. The number of nitrogens with zero attached hydrogens (tertiary/aromatic N) is 1. The van der Waals surface area contributed by atoms with Crippen LogP contribution < -0.4 is 11.1 Å². The van der Waals surface area contributed by atoms with Crippen molar-refractivity contribution in [2.75, 3.05) is 11.1 Å². The van der Waals surface area contributed by atoms with Crippen LogP contribution in [0, 0.1) is 0 Å². The van der Waals surface area contributed by atoms with E-state index in [0.29, 0.717) is 10.7 Å². The molecule has 2 aromatic rings. The molecule has 0 spiro atoms. The summed E-state index contributed by atoms with van der Waals surface area (Å²) in [5.41, 5.74) is 7.11. The minimum Gasteiger partial charge on any atom is -0.399 e. The fraction of sp³-hybridized carbons (Fsp3) is 0. The molecule has 0 aliphatic carbocycles. The molecular weight excluding hydrogens is 297 g/mol. The number of hydrogen-bond acceptors (Lipinski definition) is 3. The Kier molecular flexibility index (Phi) is 4.61. The number of anilines is 2. The largest absolute Gasteiger partial charge is 0.399 e. The van der Waals surface area contributed by atoms with Crippen molar-refractivity contribution in [3.8, 4) is 0 Å². The summed E-state index contributed by atoms with van der Waals surface area (Å²) >= 11 is 11.6. The molecule has 0 saturated carbocycles. The second kappa shape index (κ2) is 6.41. The van der Waals surface area contributed by atoms with Crippen LogP contribution in [0.3, 0.4) is 0 Å². The molecule has 3 N–H and O–H groups in total. The third-order valence-corrected chi connectivity index (χ3v) is 2.91. The Balaban J connectivity index is 2.03. The number of carbonyl (C=O) groups excluding carboxylic acids is 1. The van der Waals surface area contributed by atoms with Crippen molar-refractivity contribution in [1.29, 1.82) is 0 Å². The molecule has 0 aliphatic heterocycles. The predicted molar refractivity (Wildman–Crippen MR) is 82.8 cm³/mol. The summed E-state index contributed by atoms with van der Waals surface area (Å²) in [4.78, 5) is 15.7. The van der Waals surface area contributed by atoms with Crippen LogP contribution in [0.25, 0.3) is 6.08 Å². The highest BCUT2D eigenvalue weighted by Gasteiger charge is 2.05. The van der Waals surface area contributed by atoms with Gasteiger partial charge >= 0.3 is 0 Å². The SMILES string of the molecule is Nc1ccc(/C=C/C(=O)Nc2ncc(Cl)cc2Cl)cc1. The third kappa shape index (κ3) is 3.98. The highest BCUT2D eigenvalue weighted by molar-refractivity contribution is 6.36. The minimum atomic E-state index is -0.335.